The second kappa shape index (κ2) is 4.73. The zero-order chi connectivity index (χ0) is 12.3. The highest BCUT2D eigenvalue weighted by atomic mass is 16.5. The van der Waals surface area contributed by atoms with E-state index in [-0.39, 0.29) is 5.97 Å². The third-order valence-corrected chi connectivity index (χ3v) is 2.45. The summed E-state index contributed by atoms with van der Waals surface area (Å²) >= 11 is 0. The van der Waals surface area contributed by atoms with E-state index in [0.29, 0.717) is 17.9 Å². The Morgan fingerprint density at radius 2 is 2.18 bits per heavy atom. The molecule has 1 aromatic carbocycles. The molecule has 17 heavy (non-hydrogen) atoms. The molecule has 0 radical (unpaired) electrons. The van der Waals surface area contributed by atoms with Gasteiger partial charge in [-0.3, -0.25) is 0 Å². The molecule has 0 amide bonds. The van der Waals surface area contributed by atoms with Crippen molar-refractivity contribution in [2.45, 2.75) is 13.5 Å². The molecule has 88 valence electrons. The molecule has 6 heteroatoms. The van der Waals surface area contributed by atoms with E-state index in [2.05, 4.69) is 15.5 Å². The number of aromatic nitrogens is 4. The molecule has 0 fully saturated rings. The number of hydrogen-bond acceptors (Lipinski definition) is 5. The number of tetrazole rings is 1. The van der Waals surface area contributed by atoms with Crippen molar-refractivity contribution in [1.29, 1.82) is 0 Å². The fraction of sp³-hybridized carbons (Fsp3) is 0.273. The molecule has 0 N–H and O–H groups in total. The van der Waals surface area contributed by atoms with E-state index in [1.165, 1.54) is 7.11 Å². The number of benzene rings is 1. The van der Waals surface area contributed by atoms with Crippen LogP contribution in [0, 0.1) is 6.92 Å². The van der Waals surface area contributed by atoms with E-state index in [1.54, 1.807) is 23.7 Å². The number of carbonyl (C=O) groups is 1. The van der Waals surface area contributed by atoms with Gasteiger partial charge in [0.05, 0.1) is 19.2 Å². The number of methoxy groups -OCH3 is 1. The molecule has 0 bridgehead atoms. The van der Waals surface area contributed by atoms with Gasteiger partial charge in [-0.05, 0) is 29.0 Å². The SMILES string of the molecule is COC(=O)c1ccccc1Cn1nnnc1C. The van der Waals surface area contributed by atoms with Crippen LogP contribution in [-0.2, 0) is 11.3 Å². The zero-order valence-electron chi connectivity index (χ0n) is 9.62. The van der Waals surface area contributed by atoms with Gasteiger partial charge >= 0.3 is 5.97 Å². The second-order valence-corrected chi connectivity index (χ2v) is 3.53. The van der Waals surface area contributed by atoms with Crippen molar-refractivity contribution in [2.75, 3.05) is 7.11 Å². The van der Waals surface area contributed by atoms with Gasteiger partial charge in [-0.25, -0.2) is 9.48 Å². The van der Waals surface area contributed by atoms with Gasteiger partial charge in [-0.15, -0.1) is 5.10 Å². The van der Waals surface area contributed by atoms with Crippen molar-refractivity contribution in [2.24, 2.45) is 0 Å². The van der Waals surface area contributed by atoms with Crippen LogP contribution in [0.1, 0.15) is 21.7 Å². The molecule has 2 aromatic rings. The van der Waals surface area contributed by atoms with E-state index < -0.39 is 0 Å². The van der Waals surface area contributed by atoms with Crippen molar-refractivity contribution in [3.8, 4) is 0 Å². The topological polar surface area (TPSA) is 69.9 Å². The highest BCUT2D eigenvalue weighted by Gasteiger charge is 2.12. The van der Waals surface area contributed by atoms with Crippen LogP contribution in [0.5, 0.6) is 0 Å². The lowest BCUT2D eigenvalue weighted by Crippen LogP contribution is -2.10. The van der Waals surface area contributed by atoms with E-state index in [0.717, 1.165) is 5.56 Å². The van der Waals surface area contributed by atoms with Crippen LogP contribution < -0.4 is 0 Å². The van der Waals surface area contributed by atoms with E-state index in [1.807, 2.05) is 12.1 Å². The molecule has 0 spiro atoms. The largest absolute Gasteiger partial charge is 0.465 e. The quantitative estimate of drug-likeness (QED) is 0.732. The Labute approximate surface area is 98.2 Å². The minimum atomic E-state index is -0.355. The van der Waals surface area contributed by atoms with Gasteiger partial charge < -0.3 is 4.74 Å². The summed E-state index contributed by atoms with van der Waals surface area (Å²) in [6.07, 6.45) is 0. The maximum Gasteiger partial charge on any atom is 0.338 e. The average molecular weight is 232 g/mol. The van der Waals surface area contributed by atoms with Gasteiger partial charge in [-0.2, -0.15) is 0 Å². The summed E-state index contributed by atoms with van der Waals surface area (Å²) in [6, 6.07) is 7.23. The lowest BCUT2D eigenvalue weighted by molar-refractivity contribution is 0.0599. The summed E-state index contributed by atoms with van der Waals surface area (Å²) in [5, 5.41) is 11.2. The Balaban J connectivity index is 2.33. The third-order valence-electron chi connectivity index (χ3n) is 2.45. The predicted molar refractivity (Wildman–Crippen MR) is 59.4 cm³/mol. The fourth-order valence-electron chi connectivity index (χ4n) is 1.52. The molecule has 0 saturated heterocycles. The van der Waals surface area contributed by atoms with Crippen LogP contribution in [-0.4, -0.2) is 33.3 Å². The Kier molecular flexibility index (Phi) is 3.13. The molecular formula is C11H12N4O2. The van der Waals surface area contributed by atoms with Crippen LogP contribution in [0.15, 0.2) is 24.3 Å². The number of ether oxygens (including phenoxy) is 1. The van der Waals surface area contributed by atoms with Gasteiger partial charge in [0.15, 0.2) is 0 Å². The van der Waals surface area contributed by atoms with Crippen LogP contribution in [0.3, 0.4) is 0 Å². The molecular weight excluding hydrogens is 220 g/mol. The smallest absolute Gasteiger partial charge is 0.338 e. The Hall–Kier alpha value is -2.24. The van der Waals surface area contributed by atoms with Crippen LogP contribution in [0.2, 0.25) is 0 Å². The highest BCUT2D eigenvalue weighted by molar-refractivity contribution is 5.90. The molecule has 0 aliphatic carbocycles. The monoisotopic (exact) mass is 232 g/mol. The molecule has 1 aromatic heterocycles. The minimum Gasteiger partial charge on any atom is -0.465 e. The molecule has 0 aliphatic heterocycles. The van der Waals surface area contributed by atoms with Gasteiger partial charge in [0.25, 0.3) is 0 Å². The van der Waals surface area contributed by atoms with Crippen molar-refractivity contribution in [3.05, 3.63) is 41.2 Å². The number of nitrogens with zero attached hydrogens (tertiary/aromatic N) is 4. The second-order valence-electron chi connectivity index (χ2n) is 3.53. The molecule has 0 atom stereocenters. The summed E-state index contributed by atoms with van der Waals surface area (Å²) in [7, 11) is 1.36. The summed E-state index contributed by atoms with van der Waals surface area (Å²) < 4.78 is 6.35. The maximum atomic E-state index is 11.6. The van der Waals surface area contributed by atoms with Gasteiger partial charge in [-0.1, -0.05) is 18.2 Å². The third kappa shape index (κ3) is 2.30. The van der Waals surface area contributed by atoms with Crippen LogP contribution >= 0.6 is 0 Å². The van der Waals surface area contributed by atoms with Crippen molar-refractivity contribution < 1.29 is 9.53 Å². The Morgan fingerprint density at radius 3 is 2.82 bits per heavy atom. The number of hydrogen-bond donors (Lipinski definition) is 0. The highest BCUT2D eigenvalue weighted by Crippen LogP contribution is 2.11. The van der Waals surface area contributed by atoms with Gasteiger partial charge in [0, 0.05) is 0 Å². The first kappa shape index (κ1) is 11.3. The first-order chi connectivity index (χ1) is 8.22. The molecule has 1 heterocycles. The lowest BCUT2D eigenvalue weighted by atomic mass is 10.1. The van der Waals surface area contributed by atoms with Crippen molar-refractivity contribution >= 4 is 5.97 Å². The van der Waals surface area contributed by atoms with E-state index in [9.17, 15) is 4.79 Å². The summed E-state index contributed by atoms with van der Waals surface area (Å²) in [5.74, 6) is 0.344. The minimum absolute atomic E-state index is 0.355. The standard InChI is InChI=1S/C11H12N4O2/c1-8-12-13-14-15(8)7-9-5-3-4-6-10(9)11(16)17-2/h3-6H,7H2,1-2H3. The number of carbonyl (C=O) groups excluding carboxylic acids is 1. The maximum absolute atomic E-state index is 11.6. The van der Waals surface area contributed by atoms with Crippen LogP contribution in [0.25, 0.3) is 0 Å². The van der Waals surface area contributed by atoms with Gasteiger partial charge in [0.2, 0.25) is 0 Å². The summed E-state index contributed by atoms with van der Waals surface area (Å²) in [4.78, 5) is 11.6. The van der Waals surface area contributed by atoms with Crippen molar-refractivity contribution in [1.82, 2.24) is 20.2 Å². The molecule has 2 rings (SSSR count). The first-order valence-corrected chi connectivity index (χ1v) is 5.11. The first-order valence-electron chi connectivity index (χ1n) is 5.11. The Morgan fingerprint density at radius 1 is 1.41 bits per heavy atom. The zero-order valence-corrected chi connectivity index (χ0v) is 9.62. The van der Waals surface area contributed by atoms with E-state index >= 15 is 0 Å². The molecule has 0 aliphatic rings. The number of esters is 1. The Bertz CT molecular complexity index is 536. The fourth-order valence-corrected chi connectivity index (χ4v) is 1.52. The normalized spacial score (nSPS) is 10.2. The van der Waals surface area contributed by atoms with Gasteiger partial charge in [0.1, 0.15) is 5.82 Å². The average Bonchev–Trinajstić information content (AvgIpc) is 2.75. The molecule has 0 saturated carbocycles. The van der Waals surface area contributed by atoms with Crippen LogP contribution in [0.4, 0.5) is 0 Å². The lowest BCUT2D eigenvalue weighted by Gasteiger charge is -2.07. The van der Waals surface area contributed by atoms with Crippen molar-refractivity contribution in [3.63, 3.8) is 0 Å². The molecule has 6 nitrogen and oxygen atoms in total. The number of aryl methyl sites for hydroxylation is 1. The van der Waals surface area contributed by atoms with E-state index in [4.69, 9.17) is 4.74 Å². The summed E-state index contributed by atoms with van der Waals surface area (Å²) in [5.41, 5.74) is 1.36. The predicted octanol–water partition coefficient (Wildman–Crippen LogP) is 0.816. The summed E-state index contributed by atoms with van der Waals surface area (Å²) in [6.45, 7) is 2.25. The molecule has 0 unspecified atom stereocenters. The number of rotatable bonds is 3.